The van der Waals surface area contributed by atoms with Gasteiger partial charge >= 0.3 is 6.18 Å². The summed E-state index contributed by atoms with van der Waals surface area (Å²) in [4.78, 5) is 26.9. The standard InChI is InChI=1S/C18H18F3NO4/c1-16-7-8-17(2,26-16)12-11(16)14(24)22(15(12)25)10-5-3-9(4-6-10)13(23)18(19,20)21/h3-6,11-13,23H,7-8H2,1-2H3/t11-,12?,13?,16-,17-/m0/s1. The van der Waals surface area contributed by atoms with Crippen molar-refractivity contribution >= 4 is 17.5 Å². The zero-order valence-electron chi connectivity index (χ0n) is 14.2. The maximum atomic E-state index is 12.9. The molecular weight excluding hydrogens is 351 g/mol. The van der Waals surface area contributed by atoms with Crippen LogP contribution < -0.4 is 4.90 Å². The van der Waals surface area contributed by atoms with Crippen LogP contribution in [0.4, 0.5) is 18.9 Å². The molecule has 3 heterocycles. The van der Waals surface area contributed by atoms with Crippen molar-refractivity contribution < 1.29 is 32.6 Å². The van der Waals surface area contributed by atoms with Gasteiger partial charge in [-0.05, 0) is 44.4 Å². The van der Waals surface area contributed by atoms with Gasteiger partial charge < -0.3 is 9.84 Å². The molecule has 1 N–H and O–H groups in total. The number of aliphatic hydroxyl groups is 1. The van der Waals surface area contributed by atoms with Crippen LogP contribution in [0.2, 0.25) is 0 Å². The smallest absolute Gasteiger partial charge is 0.379 e. The molecule has 26 heavy (non-hydrogen) atoms. The fourth-order valence-electron chi connectivity index (χ4n) is 4.72. The number of imide groups is 1. The fraction of sp³-hybridized carbons (Fsp3) is 0.556. The maximum Gasteiger partial charge on any atom is 0.418 e. The Kier molecular flexibility index (Phi) is 3.41. The van der Waals surface area contributed by atoms with Crippen molar-refractivity contribution in [3.05, 3.63) is 29.8 Å². The second-order valence-electron chi connectivity index (χ2n) is 7.73. The summed E-state index contributed by atoms with van der Waals surface area (Å²) in [5, 5.41) is 9.31. The molecular formula is C18H18F3NO4. The molecule has 3 aliphatic rings. The van der Waals surface area contributed by atoms with E-state index in [2.05, 4.69) is 0 Å². The van der Waals surface area contributed by atoms with Crippen LogP contribution in [0.1, 0.15) is 38.4 Å². The first kappa shape index (κ1) is 17.5. The molecule has 2 unspecified atom stereocenters. The van der Waals surface area contributed by atoms with Crippen molar-refractivity contribution in [2.75, 3.05) is 4.90 Å². The third-order valence-corrected chi connectivity index (χ3v) is 5.98. The number of amides is 2. The van der Waals surface area contributed by atoms with Gasteiger partial charge in [0, 0.05) is 0 Å². The van der Waals surface area contributed by atoms with Crippen LogP contribution in [-0.2, 0) is 14.3 Å². The van der Waals surface area contributed by atoms with Crippen molar-refractivity contribution in [3.63, 3.8) is 0 Å². The molecule has 1 aromatic rings. The molecule has 2 bridgehead atoms. The highest BCUT2D eigenvalue weighted by molar-refractivity contribution is 6.23. The van der Waals surface area contributed by atoms with Gasteiger partial charge in [0.15, 0.2) is 6.10 Å². The van der Waals surface area contributed by atoms with Gasteiger partial charge in [-0.15, -0.1) is 0 Å². The van der Waals surface area contributed by atoms with E-state index in [1.165, 1.54) is 12.1 Å². The Morgan fingerprint density at radius 2 is 1.54 bits per heavy atom. The zero-order valence-corrected chi connectivity index (χ0v) is 14.2. The molecule has 3 saturated heterocycles. The third-order valence-electron chi connectivity index (χ3n) is 5.98. The number of nitrogens with zero attached hydrogens (tertiary/aromatic N) is 1. The number of halogens is 3. The van der Waals surface area contributed by atoms with Crippen molar-refractivity contribution in [1.82, 2.24) is 0 Å². The summed E-state index contributed by atoms with van der Waals surface area (Å²) < 4.78 is 43.8. The van der Waals surface area contributed by atoms with Crippen LogP contribution >= 0.6 is 0 Å². The third kappa shape index (κ3) is 2.18. The number of hydrogen-bond acceptors (Lipinski definition) is 4. The largest absolute Gasteiger partial charge is 0.418 e. The van der Waals surface area contributed by atoms with Gasteiger partial charge in [-0.3, -0.25) is 9.59 Å². The molecule has 140 valence electrons. The maximum absolute atomic E-state index is 12.9. The van der Waals surface area contributed by atoms with Gasteiger partial charge in [-0.2, -0.15) is 13.2 Å². The van der Waals surface area contributed by atoms with E-state index in [4.69, 9.17) is 4.74 Å². The lowest BCUT2D eigenvalue weighted by atomic mass is 9.69. The molecule has 2 amide bonds. The zero-order chi connectivity index (χ0) is 19.1. The number of ether oxygens (including phenoxy) is 1. The molecule has 4 rings (SSSR count). The summed E-state index contributed by atoms with van der Waals surface area (Å²) in [5.41, 5.74) is -1.51. The highest BCUT2D eigenvalue weighted by Crippen LogP contribution is 2.60. The SMILES string of the molecule is C[C@@]12CC[C@](C)(O1)[C@@H]1C(=O)N(c3ccc(C(O)C(F)(F)F)cc3)C(=O)C12. The van der Waals surface area contributed by atoms with E-state index in [9.17, 15) is 27.9 Å². The highest BCUT2D eigenvalue weighted by atomic mass is 19.4. The molecule has 0 saturated carbocycles. The minimum absolute atomic E-state index is 0.208. The molecule has 0 aliphatic carbocycles. The minimum atomic E-state index is -4.78. The number of rotatable bonds is 2. The monoisotopic (exact) mass is 369 g/mol. The van der Waals surface area contributed by atoms with Crippen LogP contribution in [0.25, 0.3) is 0 Å². The van der Waals surface area contributed by atoms with Gasteiger partial charge in [0.25, 0.3) is 0 Å². The normalized spacial score (nSPS) is 37.4. The lowest BCUT2D eigenvalue weighted by Crippen LogP contribution is -2.40. The van der Waals surface area contributed by atoms with Crippen LogP contribution in [0.15, 0.2) is 24.3 Å². The molecule has 3 aliphatic heterocycles. The van der Waals surface area contributed by atoms with Crippen LogP contribution in [0.5, 0.6) is 0 Å². The van der Waals surface area contributed by atoms with Crippen molar-refractivity contribution in [1.29, 1.82) is 0 Å². The van der Waals surface area contributed by atoms with Crippen LogP contribution in [0.3, 0.4) is 0 Å². The number of anilines is 1. The topological polar surface area (TPSA) is 66.8 Å². The van der Waals surface area contributed by atoms with Crippen LogP contribution in [0, 0.1) is 11.8 Å². The lowest BCUT2D eigenvalue weighted by molar-refractivity contribution is -0.206. The van der Waals surface area contributed by atoms with E-state index >= 15 is 0 Å². The van der Waals surface area contributed by atoms with Gasteiger partial charge in [0.1, 0.15) is 0 Å². The summed E-state index contributed by atoms with van der Waals surface area (Å²) >= 11 is 0. The number of benzene rings is 1. The Morgan fingerprint density at radius 3 is 1.96 bits per heavy atom. The predicted octanol–water partition coefficient (Wildman–Crippen LogP) is 2.73. The van der Waals surface area contributed by atoms with Gasteiger partial charge in [-0.25, -0.2) is 4.90 Å². The van der Waals surface area contributed by atoms with E-state index in [0.29, 0.717) is 12.8 Å². The lowest BCUT2D eigenvalue weighted by Gasteiger charge is -2.27. The van der Waals surface area contributed by atoms with E-state index < -0.39 is 35.3 Å². The average molecular weight is 369 g/mol. The minimum Gasteiger partial charge on any atom is -0.379 e. The molecule has 3 fully saturated rings. The number of hydrogen-bond donors (Lipinski definition) is 1. The Bertz CT molecular complexity index is 759. The summed E-state index contributed by atoms with van der Waals surface area (Å²) in [5.74, 6) is -1.91. The average Bonchev–Trinajstić information content (AvgIpc) is 3.10. The predicted molar refractivity (Wildman–Crippen MR) is 84.1 cm³/mol. The quantitative estimate of drug-likeness (QED) is 0.814. The fourth-order valence-corrected chi connectivity index (χ4v) is 4.72. The van der Waals surface area contributed by atoms with E-state index in [0.717, 1.165) is 17.0 Å². The second kappa shape index (κ2) is 5.07. The second-order valence-corrected chi connectivity index (χ2v) is 7.73. The Morgan fingerprint density at radius 1 is 1.08 bits per heavy atom. The first-order valence-electron chi connectivity index (χ1n) is 8.41. The molecule has 0 aromatic heterocycles. The molecule has 1 aromatic carbocycles. The number of aliphatic hydroxyl groups excluding tert-OH is 1. The summed E-state index contributed by atoms with van der Waals surface area (Å²) in [6.45, 7) is 3.67. The number of carbonyl (C=O) groups excluding carboxylic acids is 2. The molecule has 5 atom stereocenters. The summed E-state index contributed by atoms with van der Waals surface area (Å²) in [6.07, 6.45) is -6.01. The molecule has 8 heteroatoms. The first-order chi connectivity index (χ1) is 12.0. The van der Waals surface area contributed by atoms with Gasteiger partial charge in [-0.1, -0.05) is 12.1 Å². The Hall–Kier alpha value is -1.93. The molecule has 0 spiro atoms. The summed E-state index contributed by atoms with van der Waals surface area (Å²) in [7, 11) is 0. The van der Waals surface area contributed by atoms with E-state index in [1.54, 1.807) is 0 Å². The van der Waals surface area contributed by atoms with Crippen molar-refractivity contribution in [2.24, 2.45) is 11.8 Å². The Labute approximate surface area is 147 Å². The number of fused-ring (bicyclic) bond motifs is 5. The summed E-state index contributed by atoms with van der Waals surface area (Å²) in [6, 6.07) is 4.68. The van der Waals surface area contributed by atoms with Crippen molar-refractivity contribution in [3.8, 4) is 0 Å². The number of alkyl halides is 3. The molecule has 5 nitrogen and oxygen atoms in total. The first-order valence-corrected chi connectivity index (χ1v) is 8.41. The van der Waals surface area contributed by atoms with Gasteiger partial charge in [0.05, 0.1) is 28.7 Å². The van der Waals surface area contributed by atoms with E-state index in [1.807, 2.05) is 13.8 Å². The highest BCUT2D eigenvalue weighted by Gasteiger charge is 2.72. The van der Waals surface area contributed by atoms with Gasteiger partial charge in [0.2, 0.25) is 11.8 Å². The van der Waals surface area contributed by atoms with E-state index in [-0.39, 0.29) is 23.1 Å². The van der Waals surface area contributed by atoms with Crippen molar-refractivity contribution in [2.45, 2.75) is 50.2 Å². The Balaban J connectivity index is 1.66. The number of carbonyl (C=O) groups is 2. The molecule has 0 radical (unpaired) electrons. The van der Waals surface area contributed by atoms with Crippen LogP contribution in [-0.4, -0.2) is 34.3 Å².